The second-order valence-corrected chi connectivity index (χ2v) is 6.48. The summed E-state index contributed by atoms with van der Waals surface area (Å²) in [6.07, 6.45) is 7.85. The quantitative estimate of drug-likeness (QED) is 0.827. The molecule has 2 saturated heterocycles. The van der Waals surface area contributed by atoms with Crippen LogP contribution in [0.2, 0.25) is 0 Å². The van der Waals surface area contributed by atoms with Crippen molar-refractivity contribution in [2.24, 2.45) is 0 Å². The standard InChI is InChI=1S/C18H21N3O4/c22-18(17-5-9-20-25-17)21-10-6-16-15(21)2-1-14(24-16)12-23-11-13-3-7-19-8-4-13/h3-5,7-9,14-16H,1-2,6,10-12H2/t14-,15+,16+/m1/s1. The average molecular weight is 343 g/mol. The van der Waals surface area contributed by atoms with Crippen molar-refractivity contribution >= 4 is 5.91 Å². The van der Waals surface area contributed by atoms with Crippen molar-refractivity contribution in [2.45, 2.75) is 44.1 Å². The van der Waals surface area contributed by atoms with Gasteiger partial charge in [-0.1, -0.05) is 5.16 Å². The van der Waals surface area contributed by atoms with Crippen LogP contribution in [0.1, 0.15) is 35.4 Å². The van der Waals surface area contributed by atoms with Gasteiger partial charge in [0.15, 0.2) is 0 Å². The van der Waals surface area contributed by atoms with Crippen molar-refractivity contribution in [1.29, 1.82) is 0 Å². The maximum absolute atomic E-state index is 12.5. The molecule has 2 aliphatic rings. The molecule has 2 aromatic rings. The van der Waals surface area contributed by atoms with Crippen LogP contribution in [-0.4, -0.2) is 52.3 Å². The fourth-order valence-corrected chi connectivity index (χ4v) is 3.63. The lowest BCUT2D eigenvalue weighted by molar-refractivity contribution is -0.0989. The van der Waals surface area contributed by atoms with Crippen molar-refractivity contribution in [3.63, 3.8) is 0 Å². The van der Waals surface area contributed by atoms with Gasteiger partial charge in [0, 0.05) is 25.0 Å². The monoisotopic (exact) mass is 343 g/mol. The number of carbonyl (C=O) groups is 1. The molecule has 4 heterocycles. The topological polar surface area (TPSA) is 77.7 Å². The zero-order valence-corrected chi connectivity index (χ0v) is 13.9. The molecule has 0 saturated carbocycles. The number of rotatable bonds is 5. The van der Waals surface area contributed by atoms with Crippen LogP contribution in [0.25, 0.3) is 0 Å². The third-order valence-corrected chi connectivity index (χ3v) is 4.87. The van der Waals surface area contributed by atoms with Gasteiger partial charge in [-0.05, 0) is 37.0 Å². The molecule has 2 aromatic heterocycles. The van der Waals surface area contributed by atoms with E-state index in [-0.39, 0.29) is 24.2 Å². The molecule has 0 aliphatic carbocycles. The first-order valence-electron chi connectivity index (χ1n) is 8.65. The lowest BCUT2D eigenvalue weighted by atomic mass is 9.99. The maximum atomic E-state index is 12.5. The van der Waals surface area contributed by atoms with Gasteiger partial charge in [-0.3, -0.25) is 9.78 Å². The number of likely N-dealkylation sites (tertiary alicyclic amines) is 1. The highest BCUT2D eigenvalue weighted by Gasteiger charge is 2.42. The fraction of sp³-hybridized carbons (Fsp3) is 0.500. The third-order valence-electron chi connectivity index (χ3n) is 4.87. The summed E-state index contributed by atoms with van der Waals surface area (Å²) in [5.74, 6) is 0.199. The van der Waals surface area contributed by atoms with Crippen LogP contribution < -0.4 is 0 Å². The van der Waals surface area contributed by atoms with E-state index in [2.05, 4.69) is 10.1 Å². The number of ether oxygens (including phenoxy) is 2. The van der Waals surface area contributed by atoms with Crippen LogP contribution in [0.4, 0.5) is 0 Å². The van der Waals surface area contributed by atoms with E-state index >= 15 is 0 Å². The van der Waals surface area contributed by atoms with Gasteiger partial charge in [0.25, 0.3) is 5.91 Å². The fourth-order valence-electron chi connectivity index (χ4n) is 3.63. The highest BCUT2D eigenvalue weighted by molar-refractivity contribution is 5.91. The SMILES string of the molecule is O=C(c1ccno1)N1CC[C@@H]2O[C@@H](COCc3ccncc3)CC[C@@H]21. The molecule has 0 unspecified atom stereocenters. The predicted molar refractivity (Wildman–Crippen MR) is 87.7 cm³/mol. The van der Waals surface area contributed by atoms with Gasteiger partial charge >= 0.3 is 0 Å². The summed E-state index contributed by atoms with van der Waals surface area (Å²) in [7, 11) is 0. The summed E-state index contributed by atoms with van der Waals surface area (Å²) in [5, 5.41) is 3.62. The van der Waals surface area contributed by atoms with Crippen LogP contribution in [0.5, 0.6) is 0 Å². The number of amides is 1. The minimum atomic E-state index is -0.0963. The van der Waals surface area contributed by atoms with E-state index in [1.54, 1.807) is 18.5 Å². The van der Waals surface area contributed by atoms with Gasteiger partial charge in [0.1, 0.15) is 0 Å². The summed E-state index contributed by atoms with van der Waals surface area (Å²) < 4.78 is 17.0. The molecule has 0 spiro atoms. The molecular weight excluding hydrogens is 322 g/mol. The van der Waals surface area contributed by atoms with Crippen LogP contribution >= 0.6 is 0 Å². The Labute approximate surface area is 145 Å². The molecule has 0 aromatic carbocycles. The first-order valence-corrected chi connectivity index (χ1v) is 8.65. The van der Waals surface area contributed by atoms with E-state index < -0.39 is 0 Å². The number of nitrogens with zero attached hydrogens (tertiary/aromatic N) is 3. The lowest BCUT2D eigenvalue weighted by Crippen LogP contribution is -2.45. The van der Waals surface area contributed by atoms with Crippen molar-refractivity contribution < 1.29 is 18.8 Å². The van der Waals surface area contributed by atoms with Crippen LogP contribution in [-0.2, 0) is 16.1 Å². The van der Waals surface area contributed by atoms with Crippen LogP contribution in [0.15, 0.2) is 41.3 Å². The lowest BCUT2D eigenvalue weighted by Gasteiger charge is -2.35. The van der Waals surface area contributed by atoms with E-state index in [9.17, 15) is 4.79 Å². The maximum Gasteiger partial charge on any atom is 0.292 e. The van der Waals surface area contributed by atoms with Crippen molar-refractivity contribution in [2.75, 3.05) is 13.2 Å². The minimum Gasteiger partial charge on any atom is -0.374 e. The number of fused-ring (bicyclic) bond motifs is 1. The first-order chi connectivity index (χ1) is 12.3. The van der Waals surface area contributed by atoms with E-state index in [4.69, 9.17) is 14.0 Å². The van der Waals surface area contributed by atoms with Crippen LogP contribution in [0, 0.1) is 0 Å². The van der Waals surface area contributed by atoms with Gasteiger partial charge in [-0.25, -0.2) is 0 Å². The molecule has 0 radical (unpaired) electrons. The zero-order chi connectivity index (χ0) is 17.1. The number of hydrogen-bond donors (Lipinski definition) is 0. The van der Waals surface area contributed by atoms with Gasteiger partial charge in [-0.2, -0.15) is 0 Å². The number of pyridine rings is 1. The Balaban J connectivity index is 1.27. The Kier molecular flexibility index (Phi) is 4.76. The highest BCUT2D eigenvalue weighted by atomic mass is 16.5. The molecule has 4 rings (SSSR count). The number of hydrogen-bond acceptors (Lipinski definition) is 6. The van der Waals surface area contributed by atoms with Gasteiger partial charge < -0.3 is 18.9 Å². The second kappa shape index (κ2) is 7.33. The van der Waals surface area contributed by atoms with E-state index in [1.807, 2.05) is 17.0 Å². The summed E-state index contributed by atoms with van der Waals surface area (Å²) in [6, 6.07) is 5.62. The Hall–Kier alpha value is -2.25. The Morgan fingerprint density at radius 1 is 1.20 bits per heavy atom. The smallest absolute Gasteiger partial charge is 0.292 e. The molecule has 7 nitrogen and oxygen atoms in total. The zero-order valence-electron chi connectivity index (χ0n) is 13.9. The van der Waals surface area contributed by atoms with Crippen molar-refractivity contribution in [3.8, 4) is 0 Å². The van der Waals surface area contributed by atoms with Gasteiger partial charge in [-0.15, -0.1) is 0 Å². The molecule has 0 bridgehead atoms. The van der Waals surface area contributed by atoms with Crippen molar-refractivity contribution in [1.82, 2.24) is 15.0 Å². The normalized spacial score (nSPS) is 25.8. The Morgan fingerprint density at radius 3 is 2.88 bits per heavy atom. The molecule has 0 N–H and O–H groups in total. The molecule has 2 fully saturated rings. The predicted octanol–water partition coefficient (Wildman–Crippen LogP) is 2.05. The van der Waals surface area contributed by atoms with E-state index in [1.165, 1.54) is 6.20 Å². The third kappa shape index (κ3) is 3.57. The molecular formula is C18H21N3O4. The van der Waals surface area contributed by atoms with Gasteiger partial charge in [0.2, 0.25) is 5.76 Å². The summed E-state index contributed by atoms with van der Waals surface area (Å²) in [6.45, 7) is 1.83. The molecule has 25 heavy (non-hydrogen) atoms. The molecule has 3 atom stereocenters. The highest BCUT2D eigenvalue weighted by Crippen LogP contribution is 2.32. The van der Waals surface area contributed by atoms with E-state index in [0.717, 1.165) is 24.8 Å². The number of carbonyl (C=O) groups excluding carboxylic acids is 1. The molecule has 2 aliphatic heterocycles. The summed E-state index contributed by atoms with van der Waals surface area (Å²) in [4.78, 5) is 18.3. The van der Waals surface area contributed by atoms with E-state index in [0.29, 0.717) is 25.5 Å². The number of aromatic nitrogens is 2. The molecule has 1 amide bonds. The summed E-state index contributed by atoms with van der Waals surface area (Å²) >= 11 is 0. The second-order valence-electron chi connectivity index (χ2n) is 6.48. The van der Waals surface area contributed by atoms with Crippen LogP contribution in [0.3, 0.4) is 0 Å². The largest absolute Gasteiger partial charge is 0.374 e. The molecule has 7 heteroatoms. The van der Waals surface area contributed by atoms with Crippen molar-refractivity contribution in [3.05, 3.63) is 48.1 Å². The average Bonchev–Trinajstić information content (AvgIpc) is 3.32. The summed E-state index contributed by atoms with van der Waals surface area (Å²) in [5.41, 5.74) is 1.10. The Morgan fingerprint density at radius 2 is 2.08 bits per heavy atom. The minimum absolute atomic E-state index is 0.0788. The Bertz CT molecular complexity index is 692. The van der Waals surface area contributed by atoms with Gasteiger partial charge in [0.05, 0.1) is 37.7 Å². The molecule has 132 valence electrons. The first kappa shape index (κ1) is 16.2.